The van der Waals surface area contributed by atoms with E-state index in [1.807, 2.05) is 30.3 Å². The van der Waals surface area contributed by atoms with Gasteiger partial charge < -0.3 is 10.0 Å². The van der Waals surface area contributed by atoms with Crippen molar-refractivity contribution in [3.05, 3.63) is 64.7 Å². The van der Waals surface area contributed by atoms with Crippen LogP contribution in [0.3, 0.4) is 0 Å². The molecule has 1 saturated carbocycles. The first kappa shape index (κ1) is 21.1. The molecule has 4 rings (SSSR count). The molecule has 2 aromatic carbocycles. The fraction of sp³-hybridized carbons (Fsp3) is 0.440. The fourth-order valence-corrected chi connectivity index (χ4v) is 5.07. The lowest BCUT2D eigenvalue weighted by Gasteiger charge is -2.41. The maximum atomic E-state index is 13.7. The minimum absolute atomic E-state index is 0.0134. The summed E-state index contributed by atoms with van der Waals surface area (Å²) in [6, 6.07) is 14.6. The van der Waals surface area contributed by atoms with Crippen molar-refractivity contribution in [3.63, 3.8) is 0 Å². The fourth-order valence-electron chi connectivity index (χ4n) is 4.94. The van der Waals surface area contributed by atoms with E-state index >= 15 is 0 Å². The summed E-state index contributed by atoms with van der Waals surface area (Å²) in [5, 5.41) is 12.5. The summed E-state index contributed by atoms with van der Waals surface area (Å²) < 4.78 is 0. The molecular formula is C25H28ClNO3. The van der Waals surface area contributed by atoms with E-state index < -0.39 is 17.4 Å². The third kappa shape index (κ3) is 3.46. The van der Waals surface area contributed by atoms with Gasteiger partial charge in [-0.15, -0.1) is 0 Å². The van der Waals surface area contributed by atoms with Gasteiger partial charge in [0.2, 0.25) is 0 Å². The van der Waals surface area contributed by atoms with Gasteiger partial charge in [0.25, 0.3) is 5.91 Å². The summed E-state index contributed by atoms with van der Waals surface area (Å²) in [5.41, 5.74) is 0.320. The molecule has 1 aliphatic carbocycles. The van der Waals surface area contributed by atoms with Crippen LogP contribution in [0.1, 0.15) is 51.2 Å². The minimum Gasteiger partial charge on any atom is -0.375 e. The minimum atomic E-state index is -1.82. The Kier molecular flexibility index (Phi) is 5.27. The number of nitrogens with zero attached hydrogens (tertiary/aromatic N) is 1. The highest BCUT2D eigenvalue weighted by Crippen LogP contribution is 2.51. The van der Waals surface area contributed by atoms with Crippen LogP contribution in [0.4, 0.5) is 5.69 Å². The Morgan fingerprint density at radius 1 is 1.10 bits per heavy atom. The summed E-state index contributed by atoms with van der Waals surface area (Å²) in [4.78, 5) is 28.2. The predicted molar refractivity (Wildman–Crippen MR) is 118 cm³/mol. The van der Waals surface area contributed by atoms with Crippen LogP contribution < -0.4 is 4.90 Å². The molecule has 30 heavy (non-hydrogen) atoms. The molecule has 0 bridgehead atoms. The molecule has 1 aliphatic heterocycles. The van der Waals surface area contributed by atoms with Crippen LogP contribution in [0.15, 0.2) is 48.5 Å². The van der Waals surface area contributed by atoms with Crippen LogP contribution in [0.5, 0.6) is 0 Å². The third-order valence-electron chi connectivity index (χ3n) is 6.81. The van der Waals surface area contributed by atoms with Crippen molar-refractivity contribution in [2.45, 2.75) is 52.2 Å². The van der Waals surface area contributed by atoms with Gasteiger partial charge in [-0.3, -0.25) is 9.59 Å². The molecule has 4 nitrogen and oxygen atoms in total. The van der Waals surface area contributed by atoms with Crippen LogP contribution in [0, 0.1) is 17.3 Å². The summed E-state index contributed by atoms with van der Waals surface area (Å²) in [7, 11) is 0. The van der Waals surface area contributed by atoms with E-state index in [0.29, 0.717) is 35.7 Å². The number of carbonyl (C=O) groups excluding carboxylic acids is 2. The summed E-state index contributed by atoms with van der Waals surface area (Å²) in [6.45, 7) is 6.79. The Morgan fingerprint density at radius 2 is 1.77 bits per heavy atom. The topological polar surface area (TPSA) is 57.6 Å². The molecule has 158 valence electrons. The maximum absolute atomic E-state index is 13.7. The van der Waals surface area contributed by atoms with Crippen molar-refractivity contribution in [1.29, 1.82) is 0 Å². The molecule has 2 aliphatic rings. The number of carbonyl (C=O) groups is 2. The number of aliphatic hydroxyl groups is 1. The number of halogens is 1. The molecule has 3 atom stereocenters. The second-order valence-corrected chi connectivity index (χ2v) is 10.1. The number of anilines is 1. The van der Waals surface area contributed by atoms with Gasteiger partial charge >= 0.3 is 0 Å². The predicted octanol–water partition coefficient (Wildman–Crippen LogP) is 5.11. The number of fused-ring (bicyclic) bond motifs is 1. The Morgan fingerprint density at radius 3 is 2.43 bits per heavy atom. The molecule has 0 saturated heterocycles. The zero-order chi connectivity index (χ0) is 21.7. The van der Waals surface area contributed by atoms with E-state index in [4.69, 9.17) is 11.6 Å². The largest absolute Gasteiger partial charge is 0.375 e. The first-order valence-corrected chi connectivity index (χ1v) is 10.9. The van der Waals surface area contributed by atoms with E-state index in [-0.39, 0.29) is 17.1 Å². The number of amides is 1. The van der Waals surface area contributed by atoms with Crippen LogP contribution in [0.2, 0.25) is 5.02 Å². The van der Waals surface area contributed by atoms with Gasteiger partial charge in [0, 0.05) is 17.0 Å². The monoisotopic (exact) mass is 425 g/mol. The van der Waals surface area contributed by atoms with Gasteiger partial charge in [-0.05, 0) is 47.9 Å². The van der Waals surface area contributed by atoms with Gasteiger partial charge in [0.1, 0.15) is 5.78 Å². The average Bonchev–Trinajstić information content (AvgIpc) is 2.92. The number of Topliss-reactive ketones (excluding diaryl/α,β-unsaturated/α-hetero) is 1. The van der Waals surface area contributed by atoms with Crippen molar-refractivity contribution in [3.8, 4) is 0 Å². The number of ketones is 1. The highest BCUT2D eigenvalue weighted by atomic mass is 35.5. The van der Waals surface area contributed by atoms with Crippen molar-refractivity contribution < 1.29 is 14.7 Å². The molecule has 1 N–H and O–H groups in total. The zero-order valence-electron chi connectivity index (χ0n) is 17.7. The molecule has 2 aromatic rings. The van der Waals surface area contributed by atoms with Crippen LogP contribution >= 0.6 is 11.6 Å². The molecule has 0 aromatic heterocycles. The van der Waals surface area contributed by atoms with E-state index in [1.54, 1.807) is 23.1 Å². The molecular weight excluding hydrogens is 398 g/mol. The van der Waals surface area contributed by atoms with Gasteiger partial charge in [-0.25, -0.2) is 0 Å². The van der Waals surface area contributed by atoms with Gasteiger partial charge in [-0.2, -0.15) is 0 Å². The third-order valence-corrected chi connectivity index (χ3v) is 7.06. The molecule has 1 amide bonds. The lowest BCUT2D eigenvalue weighted by Crippen LogP contribution is -2.51. The maximum Gasteiger partial charge on any atom is 0.264 e. The molecule has 0 spiro atoms. The molecule has 3 unspecified atom stereocenters. The molecule has 0 radical (unpaired) electrons. The van der Waals surface area contributed by atoms with Crippen LogP contribution in [-0.4, -0.2) is 16.8 Å². The Balaban J connectivity index is 1.73. The second-order valence-electron chi connectivity index (χ2n) is 9.66. The average molecular weight is 426 g/mol. The van der Waals surface area contributed by atoms with Gasteiger partial charge in [-0.1, -0.05) is 62.7 Å². The normalized spacial score (nSPS) is 26.8. The lowest BCUT2D eigenvalue weighted by molar-refractivity contribution is -0.154. The van der Waals surface area contributed by atoms with Gasteiger partial charge in [0.15, 0.2) is 5.60 Å². The molecule has 1 fully saturated rings. The highest BCUT2D eigenvalue weighted by Gasteiger charge is 2.58. The van der Waals surface area contributed by atoms with Crippen LogP contribution in [0.25, 0.3) is 0 Å². The van der Waals surface area contributed by atoms with Crippen molar-refractivity contribution in [2.24, 2.45) is 17.3 Å². The Hall–Kier alpha value is -2.17. The van der Waals surface area contributed by atoms with Crippen molar-refractivity contribution in [2.75, 3.05) is 4.90 Å². The molecule has 5 heteroatoms. The van der Waals surface area contributed by atoms with E-state index in [1.165, 1.54) is 0 Å². The van der Waals surface area contributed by atoms with Crippen molar-refractivity contribution >= 4 is 29.0 Å². The Labute approximate surface area is 182 Å². The number of rotatable bonds is 3. The first-order chi connectivity index (χ1) is 14.1. The molecule has 1 heterocycles. The van der Waals surface area contributed by atoms with Crippen molar-refractivity contribution in [1.82, 2.24) is 0 Å². The quantitative estimate of drug-likeness (QED) is 0.743. The standard InChI is InChI=1S/C25H28ClNO3/c1-24(2,3)17-10-13-22(28)20(14-17)25(30)19-6-4-5-7-21(19)27(23(25)29)15-16-8-11-18(26)12-9-16/h4-9,11-12,17,20,30H,10,13-15H2,1-3H3. The highest BCUT2D eigenvalue weighted by molar-refractivity contribution is 6.30. The summed E-state index contributed by atoms with van der Waals surface area (Å²) in [5.74, 6) is -0.880. The second kappa shape index (κ2) is 7.51. The number of hydrogen-bond donors (Lipinski definition) is 1. The Bertz CT molecular complexity index is 979. The number of hydrogen-bond acceptors (Lipinski definition) is 3. The summed E-state index contributed by atoms with van der Waals surface area (Å²) >= 11 is 5.99. The number of benzene rings is 2. The van der Waals surface area contributed by atoms with Gasteiger partial charge in [0.05, 0.1) is 18.2 Å². The van der Waals surface area contributed by atoms with E-state index in [0.717, 1.165) is 12.0 Å². The van der Waals surface area contributed by atoms with E-state index in [9.17, 15) is 14.7 Å². The summed E-state index contributed by atoms with van der Waals surface area (Å²) in [6.07, 6.45) is 1.73. The zero-order valence-corrected chi connectivity index (χ0v) is 18.4. The lowest BCUT2D eigenvalue weighted by atomic mass is 9.63. The smallest absolute Gasteiger partial charge is 0.264 e. The first-order valence-electron chi connectivity index (χ1n) is 10.5. The van der Waals surface area contributed by atoms with Crippen LogP contribution in [-0.2, 0) is 21.7 Å². The number of para-hydroxylation sites is 1. The SMILES string of the molecule is CC(C)(C)C1CCC(=O)C(C2(O)C(=O)N(Cc3ccc(Cl)cc3)c3ccccc32)C1. The van der Waals surface area contributed by atoms with E-state index in [2.05, 4.69) is 20.8 Å².